The number of aromatic nitrogens is 1. The van der Waals surface area contributed by atoms with Gasteiger partial charge in [-0.1, -0.05) is 20.8 Å². The highest BCUT2D eigenvalue weighted by Crippen LogP contribution is 2.33. The van der Waals surface area contributed by atoms with Crippen LogP contribution in [0.4, 0.5) is 11.4 Å². The number of likely N-dealkylation sites (N-methyl/N-ethyl adjacent to an activating group) is 1. The fourth-order valence-corrected chi connectivity index (χ4v) is 3.57. The molecule has 0 radical (unpaired) electrons. The van der Waals surface area contributed by atoms with Crippen molar-refractivity contribution in [3.63, 3.8) is 0 Å². The zero-order chi connectivity index (χ0) is 20.3. The summed E-state index contributed by atoms with van der Waals surface area (Å²) in [5.74, 6) is -0.748. The Balaban J connectivity index is 1.66. The van der Waals surface area contributed by atoms with Crippen molar-refractivity contribution in [3.8, 4) is 11.6 Å². The highest BCUT2D eigenvalue weighted by atomic mass is 16.3. The maximum Gasteiger partial charge on any atom is 0.264 e. The summed E-state index contributed by atoms with van der Waals surface area (Å²) in [5, 5.41) is 23.1. The average molecular weight is 386 g/mol. The largest absolute Gasteiger partial charge is 0.505 e. The van der Waals surface area contributed by atoms with E-state index in [2.05, 4.69) is 27.0 Å². The van der Waals surface area contributed by atoms with E-state index < -0.39 is 5.91 Å². The molecule has 0 saturated carbocycles. The number of aromatic amines is 1. The number of nitrogens with zero attached hydrogens (tertiary/aromatic N) is 2. The molecule has 28 heavy (non-hydrogen) atoms. The molecule has 1 amide bonds. The number of nitrogens with one attached hydrogen (secondary N) is 2. The van der Waals surface area contributed by atoms with Crippen LogP contribution in [-0.2, 0) is 6.42 Å². The number of carbonyl (C=O) groups excluding carboxylic acids is 1. The van der Waals surface area contributed by atoms with Crippen LogP contribution in [-0.4, -0.2) is 58.7 Å². The number of rotatable bonds is 6. The lowest BCUT2D eigenvalue weighted by atomic mass is 10.1. The minimum absolute atomic E-state index is 0.115. The summed E-state index contributed by atoms with van der Waals surface area (Å²) in [7, 11) is 0. The Morgan fingerprint density at radius 2 is 1.79 bits per heavy atom. The smallest absolute Gasteiger partial charge is 0.264 e. The topological polar surface area (TPSA) is 91.8 Å². The molecule has 1 saturated heterocycles. The molecule has 2 heterocycles. The quantitative estimate of drug-likeness (QED) is 0.613. The van der Waals surface area contributed by atoms with E-state index in [9.17, 15) is 15.0 Å². The highest BCUT2D eigenvalue weighted by molar-refractivity contribution is 6.08. The van der Waals surface area contributed by atoms with Crippen LogP contribution in [0, 0.1) is 5.92 Å². The Morgan fingerprint density at radius 3 is 2.36 bits per heavy atom. The summed E-state index contributed by atoms with van der Waals surface area (Å²) in [6.45, 7) is 11.4. The van der Waals surface area contributed by atoms with Gasteiger partial charge in [-0.3, -0.25) is 4.79 Å². The number of hydrogen-bond donors (Lipinski definition) is 4. The van der Waals surface area contributed by atoms with Crippen LogP contribution in [0.3, 0.4) is 0 Å². The van der Waals surface area contributed by atoms with Crippen LogP contribution in [0.15, 0.2) is 24.3 Å². The number of H-pyrrole nitrogens is 1. The Hall–Kier alpha value is -2.67. The van der Waals surface area contributed by atoms with Crippen LogP contribution in [0.25, 0.3) is 0 Å². The van der Waals surface area contributed by atoms with Crippen LogP contribution >= 0.6 is 0 Å². The van der Waals surface area contributed by atoms with Gasteiger partial charge in [0.1, 0.15) is 5.56 Å². The van der Waals surface area contributed by atoms with Gasteiger partial charge in [0.15, 0.2) is 5.75 Å². The van der Waals surface area contributed by atoms with Crippen molar-refractivity contribution in [2.45, 2.75) is 27.2 Å². The average Bonchev–Trinajstić information content (AvgIpc) is 2.95. The van der Waals surface area contributed by atoms with Crippen LogP contribution in [0.5, 0.6) is 11.6 Å². The number of aromatic hydroxyl groups is 2. The molecule has 1 aliphatic heterocycles. The van der Waals surface area contributed by atoms with E-state index >= 15 is 0 Å². The second-order valence-electron chi connectivity index (χ2n) is 7.70. The SMILES string of the molecule is CCN1CCN(c2ccc(NC(=O)c3c(O)[nH]c(CC(C)C)c3O)cc2)CC1. The zero-order valence-corrected chi connectivity index (χ0v) is 16.8. The summed E-state index contributed by atoms with van der Waals surface area (Å²) in [6, 6.07) is 7.65. The first kappa shape index (κ1) is 20.1. The standard InChI is InChI=1S/C21H30N4O3/c1-4-24-9-11-25(12-10-24)16-7-5-15(6-8-16)22-20(27)18-19(26)17(13-14(2)3)23-21(18)28/h5-8,14,23,26,28H,4,9-13H2,1-3H3,(H,22,27). The van der Waals surface area contributed by atoms with Crippen molar-refractivity contribution in [2.75, 3.05) is 42.9 Å². The van der Waals surface area contributed by atoms with E-state index in [0.717, 1.165) is 38.4 Å². The minimum atomic E-state index is -0.537. The van der Waals surface area contributed by atoms with E-state index in [1.54, 1.807) is 0 Å². The van der Waals surface area contributed by atoms with E-state index in [1.165, 1.54) is 0 Å². The highest BCUT2D eigenvalue weighted by Gasteiger charge is 2.23. The van der Waals surface area contributed by atoms with Crippen molar-refractivity contribution < 1.29 is 15.0 Å². The molecule has 0 spiro atoms. The Morgan fingerprint density at radius 1 is 1.14 bits per heavy atom. The third kappa shape index (κ3) is 4.42. The molecule has 2 aromatic rings. The third-order valence-corrected chi connectivity index (χ3v) is 5.18. The minimum Gasteiger partial charge on any atom is -0.505 e. The molecule has 1 aliphatic rings. The van der Waals surface area contributed by atoms with E-state index in [0.29, 0.717) is 17.8 Å². The maximum absolute atomic E-state index is 12.5. The molecule has 7 nitrogen and oxygen atoms in total. The predicted molar refractivity (Wildman–Crippen MR) is 111 cm³/mol. The molecule has 152 valence electrons. The first-order valence-electron chi connectivity index (χ1n) is 9.90. The van der Waals surface area contributed by atoms with Crippen molar-refractivity contribution >= 4 is 17.3 Å². The molecule has 1 fully saturated rings. The van der Waals surface area contributed by atoms with E-state index in [4.69, 9.17) is 0 Å². The van der Waals surface area contributed by atoms with E-state index in [1.807, 2.05) is 38.1 Å². The van der Waals surface area contributed by atoms with Gasteiger partial charge >= 0.3 is 0 Å². The molecule has 3 rings (SSSR count). The molecular weight excluding hydrogens is 356 g/mol. The molecule has 0 atom stereocenters. The number of carbonyl (C=O) groups is 1. The van der Waals surface area contributed by atoms with Crippen molar-refractivity contribution in [2.24, 2.45) is 5.92 Å². The number of hydrogen-bond acceptors (Lipinski definition) is 5. The van der Waals surface area contributed by atoms with Crippen LogP contribution in [0.2, 0.25) is 0 Å². The lowest BCUT2D eigenvalue weighted by Crippen LogP contribution is -2.46. The van der Waals surface area contributed by atoms with Crippen LogP contribution < -0.4 is 10.2 Å². The molecule has 0 bridgehead atoms. The Kier molecular flexibility index (Phi) is 6.14. The first-order valence-corrected chi connectivity index (χ1v) is 9.90. The number of anilines is 2. The van der Waals surface area contributed by atoms with Gasteiger partial charge in [-0.05, 0) is 43.1 Å². The first-order chi connectivity index (χ1) is 13.4. The molecule has 7 heteroatoms. The maximum atomic E-state index is 12.5. The fourth-order valence-electron chi connectivity index (χ4n) is 3.57. The third-order valence-electron chi connectivity index (χ3n) is 5.18. The van der Waals surface area contributed by atoms with E-state index in [-0.39, 0.29) is 23.1 Å². The summed E-state index contributed by atoms with van der Waals surface area (Å²) in [6.07, 6.45) is 0.548. The van der Waals surface area contributed by atoms with Gasteiger partial charge in [-0.15, -0.1) is 0 Å². The molecule has 0 unspecified atom stereocenters. The van der Waals surface area contributed by atoms with Gasteiger partial charge in [-0.2, -0.15) is 0 Å². The lowest BCUT2D eigenvalue weighted by molar-refractivity contribution is 0.102. The number of benzene rings is 1. The lowest BCUT2D eigenvalue weighted by Gasteiger charge is -2.35. The van der Waals surface area contributed by atoms with Gasteiger partial charge in [0.05, 0.1) is 5.69 Å². The van der Waals surface area contributed by atoms with Crippen molar-refractivity contribution in [1.29, 1.82) is 0 Å². The normalized spacial score (nSPS) is 15.2. The molecule has 1 aromatic carbocycles. The number of amides is 1. The summed E-state index contributed by atoms with van der Waals surface area (Å²) in [5.41, 5.74) is 2.10. The molecule has 4 N–H and O–H groups in total. The molecule has 1 aromatic heterocycles. The Labute approximate surface area is 166 Å². The number of piperazine rings is 1. The monoisotopic (exact) mass is 386 g/mol. The fraction of sp³-hybridized carbons (Fsp3) is 0.476. The Bertz CT molecular complexity index is 806. The van der Waals surface area contributed by atoms with Crippen molar-refractivity contribution in [1.82, 2.24) is 9.88 Å². The summed E-state index contributed by atoms with van der Waals surface area (Å²) < 4.78 is 0. The summed E-state index contributed by atoms with van der Waals surface area (Å²) >= 11 is 0. The second-order valence-corrected chi connectivity index (χ2v) is 7.70. The predicted octanol–water partition coefficient (Wildman–Crippen LogP) is 3.02. The van der Waals surface area contributed by atoms with Gasteiger partial charge in [0, 0.05) is 37.6 Å². The molecule has 0 aliphatic carbocycles. The van der Waals surface area contributed by atoms with Gasteiger partial charge in [0.25, 0.3) is 5.91 Å². The molecular formula is C21H30N4O3. The van der Waals surface area contributed by atoms with Gasteiger partial charge in [0.2, 0.25) is 5.88 Å². The van der Waals surface area contributed by atoms with Gasteiger partial charge in [-0.25, -0.2) is 0 Å². The van der Waals surface area contributed by atoms with Crippen LogP contribution in [0.1, 0.15) is 36.8 Å². The van der Waals surface area contributed by atoms with Gasteiger partial charge < -0.3 is 30.3 Å². The van der Waals surface area contributed by atoms with Crippen molar-refractivity contribution in [3.05, 3.63) is 35.5 Å². The zero-order valence-electron chi connectivity index (χ0n) is 16.8. The second kappa shape index (κ2) is 8.56. The summed E-state index contributed by atoms with van der Waals surface area (Å²) in [4.78, 5) is 20.0.